The van der Waals surface area contributed by atoms with Crippen molar-refractivity contribution in [3.63, 3.8) is 0 Å². The van der Waals surface area contributed by atoms with Crippen molar-refractivity contribution in [2.45, 2.75) is 20.8 Å². The summed E-state index contributed by atoms with van der Waals surface area (Å²) in [4.78, 5) is 0. The van der Waals surface area contributed by atoms with Crippen LogP contribution in [0.2, 0.25) is 0 Å². The Labute approximate surface area is 162 Å². The number of hydrogen-bond acceptors (Lipinski definition) is 0. The molecule has 0 aliphatic heterocycles. The van der Waals surface area contributed by atoms with Gasteiger partial charge in [-0.25, -0.2) is 0 Å². The molecule has 0 N–H and O–H groups in total. The fourth-order valence-electron chi connectivity index (χ4n) is 3.82. The predicted molar refractivity (Wildman–Crippen MR) is 117 cm³/mol. The maximum Gasteiger partial charge on any atom is -0.00964 e. The first-order valence-corrected chi connectivity index (χ1v) is 9.47. The molecule has 0 saturated heterocycles. The third kappa shape index (κ3) is 3.31. The van der Waals surface area contributed by atoms with Crippen molar-refractivity contribution in [1.29, 1.82) is 0 Å². The second-order valence-electron chi connectivity index (χ2n) is 7.22. The normalized spacial score (nSPS) is 10.8. The summed E-state index contributed by atoms with van der Waals surface area (Å²) in [6.07, 6.45) is 0. The van der Waals surface area contributed by atoms with E-state index in [0.29, 0.717) is 0 Å². The summed E-state index contributed by atoms with van der Waals surface area (Å²) in [5.74, 6) is 0. The summed E-state index contributed by atoms with van der Waals surface area (Å²) in [7, 11) is 0. The van der Waals surface area contributed by atoms with Crippen LogP contribution in [0.15, 0.2) is 91.0 Å². The SMILES string of the molecule is Cc1ccc(-c2ccccc2C)c(-c2ccccc2-c2ccccc2C)c1. The molecule has 0 nitrogen and oxygen atoms in total. The van der Waals surface area contributed by atoms with E-state index in [-0.39, 0.29) is 0 Å². The molecule has 0 radical (unpaired) electrons. The quantitative estimate of drug-likeness (QED) is 0.357. The van der Waals surface area contributed by atoms with E-state index in [4.69, 9.17) is 0 Å². The molecule has 4 rings (SSSR count). The minimum absolute atomic E-state index is 1.28. The van der Waals surface area contributed by atoms with E-state index < -0.39 is 0 Å². The van der Waals surface area contributed by atoms with Crippen LogP contribution < -0.4 is 0 Å². The van der Waals surface area contributed by atoms with Crippen LogP contribution in [0.25, 0.3) is 33.4 Å². The molecule has 0 bridgehead atoms. The minimum Gasteiger partial charge on any atom is -0.0620 e. The Bertz CT molecular complexity index is 1100. The molecule has 0 amide bonds. The molecule has 4 aromatic rings. The van der Waals surface area contributed by atoms with Crippen LogP contribution in [0.4, 0.5) is 0 Å². The first-order chi connectivity index (χ1) is 13.1. The Hall–Kier alpha value is -3.12. The van der Waals surface area contributed by atoms with Gasteiger partial charge in [0.1, 0.15) is 0 Å². The van der Waals surface area contributed by atoms with Gasteiger partial charge in [-0.1, -0.05) is 96.6 Å². The summed E-state index contributed by atoms with van der Waals surface area (Å²) >= 11 is 0. The van der Waals surface area contributed by atoms with Crippen molar-refractivity contribution in [3.8, 4) is 33.4 Å². The lowest BCUT2D eigenvalue weighted by Crippen LogP contribution is -1.92. The molecule has 0 atom stereocenters. The van der Waals surface area contributed by atoms with Crippen molar-refractivity contribution in [1.82, 2.24) is 0 Å². The molecule has 27 heavy (non-hydrogen) atoms. The number of aryl methyl sites for hydroxylation is 3. The van der Waals surface area contributed by atoms with E-state index in [9.17, 15) is 0 Å². The van der Waals surface area contributed by atoms with Gasteiger partial charge >= 0.3 is 0 Å². The van der Waals surface area contributed by atoms with E-state index in [1.807, 2.05) is 0 Å². The second-order valence-corrected chi connectivity index (χ2v) is 7.22. The standard InChI is InChI=1S/C27H24/c1-19-16-17-26(23-13-7-5-11-21(23)3)27(18-19)25-15-9-8-14-24(25)22-12-6-4-10-20(22)2/h4-18H,1-3H3. The first-order valence-electron chi connectivity index (χ1n) is 9.47. The lowest BCUT2D eigenvalue weighted by atomic mass is 9.86. The third-order valence-corrected chi connectivity index (χ3v) is 5.26. The molecular formula is C27H24. The van der Waals surface area contributed by atoms with Crippen LogP contribution in [0.3, 0.4) is 0 Å². The largest absolute Gasteiger partial charge is 0.0620 e. The summed E-state index contributed by atoms with van der Waals surface area (Å²) < 4.78 is 0. The summed E-state index contributed by atoms with van der Waals surface area (Å²) in [5.41, 5.74) is 11.6. The molecule has 132 valence electrons. The van der Waals surface area contributed by atoms with Crippen LogP contribution in [-0.2, 0) is 0 Å². The van der Waals surface area contributed by atoms with Crippen molar-refractivity contribution in [2.75, 3.05) is 0 Å². The molecule has 0 fully saturated rings. The van der Waals surface area contributed by atoms with Crippen LogP contribution >= 0.6 is 0 Å². The zero-order valence-corrected chi connectivity index (χ0v) is 16.2. The molecule has 0 unspecified atom stereocenters. The number of rotatable bonds is 3. The molecule has 0 heterocycles. The van der Waals surface area contributed by atoms with Crippen molar-refractivity contribution >= 4 is 0 Å². The minimum atomic E-state index is 1.28. The molecule has 0 aromatic heterocycles. The van der Waals surface area contributed by atoms with E-state index in [0.717, 1.165) is 0 Å². The number of benzene rings is 4. The molecule has 0 spiro atoms. The highest BCUT2D eigenvalue weighted by Crippen LogP contribution is 2.40. The van der Waals surface area contributed by atoms with Crippen molar-refractivity contribution < 1.29 is 0 Å². The zero-order valence-electron chi connectivity index (χ0n) is 16.2. The molecule has 0 aliphatic rings. The highest BCUT2D eigenvalue weighted by Gasteiger charge is 2.14. The Morgan fingerprint density at radius 3 is 1.30 bits per heavy atom. The maximum atomic E-state index is 2.32. The van der Waals surface area contributed by atoms with Crippen molar-refractivity contribution in [2.24, 2.45) is 0 Å². The first kappa shape index (κ1) is 17.3. The highest BCUT2D eigenvalue weighted by molar-refractivity contribution is 5.93. The fraction of sp³-hybridized carbons (Fsp3) is 0.111. The third-order valence-electron chi connectivity index (χ3n) is 5.26. The summed E-state index contributed by atoms with van der Waals surface area (Å²) in [5, 5.41) is 0. The van der Waals surface area contributed by atoms with Crippen LogP contribution in [-0.4, -0.2) is 0 Å². The Morgan fingerprint density at radius 2 is 0.778 bits per heavy atom. The van der Waals surface area contributed by atoms with Gasteiger partial charge in [0.25, 0.3) is 0 Å². The lowest BCUT2D eigenvalue weighted by molar-refractivity contribution is 1.42. The lowest BCUT2D eigenvalue weighted by Gasteiger charge is -2.17. The van der Waals surface area contributed by atoms with E-state index >= 15 is 0 Å². The smallest absolute Gasteiger partial charge is 0.00964 e. The molecule has 4 aromatic carbocycles. The van der Waals surface area contributed by atoms with E-state index in [1.54, 1.807) is 0 Å². The Morgan fingerprint density at radius 1 is 0.370 bits per heavy atom. The average molecular weight is 348 g/mol. The van der Waals surface area contributed by atoms with Gasteiger partial charge in [0, 0.05) is 0 Å². The second kappa shape index (κ2) is 7.25. The zero-order chi connectivity index (χ0) is 18.8. The average Bonchev–Trinajstić information content (AvgIpc) is 2.69. The molecular weight excluding hydrogens is 324 g/mol. The molecule has 0 aliphatic carbocycles. The van der Waals surface area contributed by atoms with Gasteiger partial charge in [0.15, 0.2) is 0 Å². The van der Waals surface area contributed by atoms with Gasteiger partial charge < -0.3 is 0 Å². The van der Waals surface area contributed by atoms with E-state index in [1.165, 1.54) is 50.1 Å². The van der Waals surface area contributed by atoms with Gasteiger partial charge in [-0.05, 0) is 65.3 Å². The summed E-state index contributed by atoms with van der Waals surface area (Å²) in [6, 6.07) is 32.8. The van der Waals surface area contributed by atoms with Gasteiger partial charge in [-0.15, -0.1) is 0 Å². The van der Waals surface area contributed by atoms with E-state index in [2.05, 4.69) is 112 Å². The van der Waals surface area contributed by atoms with Gasteiger partial charge in [0.2, 0.25) is 0 Å². The molecule has 0 heteroatoms. The molecule has 0 saturated carbocycles. The topological polar surface area (TPSA) is 0 Å². The monoisotopic (exact) mass is 348 g/mol. The number of hydrogen-bond donors (Lipinski definition) is 0. The highest BCUT2D eigenvalue weighted by atomic mass is 14.2. The van der Waals surface area contributed by atoms with Crippen molar-refractivity contribution in [3.05, 3.63) is 108 Å². The van der Waals surface area contributed by atoms with Crippen LogP contribution in [0.1, 0.15) is 16.7 Å². The predicted octanol–water partition coefficient (Wildman–Crippen LogP) is 7.61. The van der Waals surface area contributed by atoms with Crippen LogP contribution in [0, 0.1) is 20.8 Å². The van der Waals surface area contributed by atoms with Gasteiger partial charge in [-0.3, -0.25) is 0 Å². The fourth-order valence-corrected chi connectivity index (χ4v) is 3.82. The van der Waals surface area contributed by atoms with Gasteiger partial charge in [-0.2, -0.15) is 0 Å². The Balaban J connectivity index is 2.00. The maximum absolute atomic E-state index is 2.32. The van der Waals surface area contributed by atoms with Gasteiger partial charge in [0.05, 0.1) is 0 Å². The summed E-state index contributed by atoms with van der Waals surface area (Å²) in [6.45, 7) is 6.54. The Kier molecular flexibility index (Phi) is 4.64. The van der Waals surface area contributed by atoms with Crippen LogP contribution in [0.5, 0.6) is 0 Å².